The average Bonchev–Trinajstić information content (AvgIpc) is 2.47. The molecule has 1 aliphatic rings. The molecule has 0 aliphatic carbocycles. The van der Waals surface area contributed by atoms with Crippen molar-refractivity contribution in [2.75, 3.05) is 5.75 Å². The highest BCUT2D eigenvalue weighted by Crippen LogP contribution is 2.19. The Morgan fingerprint density at radius 2 is 2.00 bits per heavy atom. The van der Waals surface area contributed by atoms with Crippen molar-refractivity contribution >= 4 is 27.8 Å². The Labute approximate surface area is 119 Å². The predicted molar refractivity (Wildman–Crippen MR) is 76.5 cm³/mol. The third kappa shape index (κ3) is 2.89. The summed E-state index contributed by atoms with van der Waals surface area (Å²) in [7, 11) is 0. The Balaban J connectivity index is 1.76. The molecule has 2 atom stereocenters. The van der Waals surface area contributed by atoms with Crippen molar-refractivity contribution in [3.8, 4) is 0 Å². The third-order valence-corrected chi connectivity index (χ3v) is 4.24. The van der Waals surface area contributed by atoms with Crippen LogP contribution in [-0.2, 0) is 20.0 Å². The fourth-order valence-corrected chi connectivity index (χ4v) is 3.04. The summed E-state index contributed by atoms with van der Waals surface area (Å²) in [6.07, 6.45) is 0.622. The normalized spacial score (nSPS) is 22.6. The SMILES string of the molecule is O=C(O[C@@H]1CCC[S@](=O)O1)c1ccc2ccccc2c1. The first-order valence-corrected chi connectivity index (χ1v) is 7.72. The van der Waals surface area contributed by atoms with E-state index in [1.807, 2.05) is 30.3 Å². The standard InChI is InChI=1S/C15H14O4S/c16-15(18-14-6-3-9-20(17)19-14)13-8-7-11-4-1-2-5-12(11)10-13/h1-2,4-5,7-8,10,14H,3,6,9H2/t14-,20+/m0/s1. The highest BCUT2D eigenvalue weighted by atomic mass is 32.2. The molecule has 1 saturated heterocycles. The molecule has 5 heteroatoms. The molecule has 2 aromatic carbocycles. The maximum Gasteiger partial charge on any atom is 0.340 e. The summed E-state index contributed by atoms with van der Waals surface area (Å²) in [4.78, 5) is 12.1. The lowest BCUT2D eigenvalue weighted by molar-refractivity contribution is -0.0502. The lowest BCUT2D eigenvalue weighted by atomic mass is 10.1. The molecule has 0 amide bonds. The van der Waals surface area contributed by atoms with Crippen molar-refractivity contribution in [1.82, 2.24) is 0 Å². The maximum absolute atomic E-state index is 12.1. The minimum absolute atomic E-state index is 0.445. The molecule has 4 nitrogen and oxygen atoms in total. The number of rotatable bonds is 2. The van der Waals surface area contributed by atoms with Gasteiger partial charge in [0.2, 0.25) is 6.29 Å². The number of esters is 1. The average molecular weight is 290 g/mol. The topological polar surface area (TPSA) is 52.6 Å². The number of fused-ring (bicyclic) bond motifs is 1. The first kappa shape index (κ1) is 13.3. The zero-order valence-corrected chi connectivity index (χ0v) is 11.6. The van der Waals surface area contributed by atoms with E-state index < -0.39 is 23.3 Å². The third-order valence-electron chi connectivity index (χ3n) is 3.19. The predicted octanol–water partition coefficient (Wildman–Crippen LogP) is 2.80. The zero-order valence-electron chi connectivity index (χ0n) is 10.8. The van der Waals surface area contributed by atoms with Gasteiger partial charge in [0.05, 0.1) is 5.56 Å². The molecule has 0 bridgehead atoms. The van der Waals surface area contributed by atoms with E-state index in [-0.39, 0.29) is 0 Å². The summed E-state index contributed by atoms with van der Waals surface area (Å²) in [6, 6.07) is 13.2. The van der Waals surface area contributed by atoms with Gasteiger partial charge in [0.15, 0.2) is 11.1 Å². The summed E-state index contributed by atoms with van der Waals surface area (Å²) in [5, 5.41) is 2.05. The smallest absolute Gasteiger partial charge is 0.340 e. The number of carbonyl (C=O) groups excluding carboxylic acids is 1. The van der Waals surface area contributed by atoms with Gasteiger partial charge < -0.3 is 4.74 Å². The van der Waals surface area contributed by atoms with Gasteiger partial charge >= 0.3 is 5.97 Å². The molecule has 3 rings (SSSR count). The van der Waals surface area contributed by atoms with Crippen LogP contribution in [0.1, 0.15) is 23.2 Å². The van der Waals surface area contributed by atoms with Crippen LogP contribution in [0.3, 0.4) is 0 Å². The molecule has 1 heterocycles. The Kier molecular flexibility index (Phi) is 3.80. The highest BCUT2D eigenvalue weighted by Gasteiger charge is 2.23. The van der Waals surface area contributed by atoms with Gasteiger partial charge in [-0.15, -0.1) is 0 Å². The van der Waals surface area contributed by atoms with Crippen LogP contribution in [0.25, 0.3) is 10.8 Å². The maximum atomic E-state index is 12.1. The molecule has 1 aliphatic heterocycles. The van der Waals surface area contributed by atoms with Crippen molar-refractivity contribution in [3.05, 3.63) is 48.0 Å². The first-order chi connectivity index (χ1) is 9.72. The number of hydrogen-bond donors (Lipinski definition) is 0. The molecule has 1 fully saturated rings. The van der Waals surface area contributed by atoms with Crippen LogP contribution < -0.4 is 0 Å². The summed E-state index contributed by atoms with van der Waals surface area (Å²) >= 11 is -1.34. The minimum atomic E-state index is -1.34. The minimum Gasteiger partial charge on any atom is -0.431 e. The van der Waals surface area contributed by atoms with E-state index in [0.717, 1.165) is 17.2 Å². The lowest BCUT2D eigenvalue weighted by Crippen LogP contribution is -2.27. The summed E-state index contributed by atoms with van der Waals surface area (Å²) in [5.74, 6) is 0.0592. The Bertz CT molecular complexity index is 668. The van der Waals surface area contributed by atoms with Crippen molar-refractivity contribution in [2.24, 2.45) is 0 Å². The molecule has 0 unspecified atom stereocenters. The molecule has 2 aromatic rings. The molecule has 0 saturated carbocycles. The molecular weight excluding hydrogens is 276 g/mol. The van der Waals surface area contributed by atoms with Gasteiger partial charge in [-0.3, -0.25) is 0 Å². The lowest BCUT2D eigenvalue weighted by Gasteiger charge is -2.21. The van der Waals surface area contributed by atoms with E-state index in [0.29, 0.717) is 17.7 Å². The summed E-state index contributed by atoms with van der Waals surface area (Å²) in [5.41, 5.74) is 0.476. The summed E-state index contributed by atoms with van der Waals surface area (Å²) in [6.45, 7) is 0. The number of ether oxygens (including phenoxy) is 1. The summed E-state index contributed by atoms with van der Waals surface area (Å²) < 4.78 is 21.6. The van der Waals surface area contributed by atoms with Crippen LogP contribution in [0, 0.1) is 0 Å². The van der Waals surface area contributed by atoms with E-state index in [2.05, 4.69) is 0 Å². The van der Waals surface area contributed by atoms with Gasteiger partial charge in [0, 0.05) is 12.2 Å². The van der Waals surface area contributed by atoms with Crippen LogP contribution in [0.5, 0.6) is 0 Å². The van der Waals surface area contributed by atoms with Crippen LogP contribution in [0.15, 0.2) is 42.5 Å². The fourth-order valence-electron chi connectivity index (χ4n) is 2.17. The van der Waals surface area contributed by atoms with Crippen LogP contribution in [-0.4, -0.2) is 22.2 Å². The van der Waals surface area contributed by atoms with Crippen LogP contribution in [0.4, 0.5) is 0 Å². The van der Waals surface area contributed by atoms with E-state index in [1.165, 1.54) is 0 Å². The van der Waals surface area contributed by atoms with Crippen LogP contribution in [0.2, 0.25) is 0 Å². The fraction of sp³-hybridized carbons (Fsp3) is 0.267. The van der Waals surface area contributed by atoms with Gasteiger partial charge in [-0.05, 0) is 29.3 Å². The van der Waals surface area contributed by atoms with Gasteiger partial charge in [-0.1, -0.05) is 30.3 Å². The van der Waals surface area contributed by atoms with Gasteiger partial charge in [-0.2, -0.15) is 0 Å². The zero-order chi connectivity index (χ0) is 13.9. The molecule has 0 radical (unpaired) electrons. The number of hydrogen-bond acceptors (Lipinski definition) is 4. The monoisotopic (exact) mass is 290 g/mol. The van der Waals surface area contributed by atoms with Crippen molar-refractivity contribution in [1.29, 1.82) is 0 Å². The molecule has 0 aromatic heterocycles. The van der Waals surface area contributed by atoms with E-state index in [4.69, 9.17) is 8.92 Å². The van der Waals surface area contributed by atoms with Gasteiger partial charge in [0.25, 0.3) is 0 Å². The second-order valence-electron chi connectivity index (χ2n) is 4.64. The molecule has 0 spiro atoms. The van der Waals surface area contributed by atoms with Gasteiger partial charge in [0.1, 0.15) is 0 Å². The number of benzene rings is 2. The second kappa shape index (κ2) is 5.73. The molecular formula is C15H14O4S. The molecule has 104 valence electrons. The van der Waals surface area contributed by atoms with E-state index in [1.54, 1.807) is 12.1 Å². The van der Waals surface area contributed by atoms with E-state index in [9.17, 15) is 9.00 Å². The Morgan fingerprint density at radius 3 is 2.80 bits per heavy atom. The van der Waals surface area contributed by atoms with Crippen LogP contribution >= 0.6 is 0 Å². The highest BCUT2D eigenvalue weighted by molar-refractivity contribution is 7.80. The molecule has 0 N–H and O–H groups in total. The number of carbonyl (C=O) groups is 1. The largest absolute Gasteiger partial charge is 0.431 e. The Morgan fingerprint density at radius 1 is 1.20 bits per heavy atom. The van der Waals surface area contributed by atoms with Gasteiger partial charge in [-0.25, -0.2) is 13.2 Å². The van der Waals surface area contributed by atoms with E-state index >= 15 is 0 Å². The quantitative estimate of drug-likeness (QED) is 0.798. The van der Waals surface area contributed by atoms with Crippen molar-refractivity contribution in [2.45, 2.75) is 19.1 Å². The van der Waals surface area contributed by atoms with Crippen molar-refractivity contribution < 1.29 is 17.9 Å². The molecule has 20 heavy (non-hydrogen) atoms. The Hall–Kier alpha value is -1.72. The van der Waals surface area contributed by atoms with Crippen molar-refractivity contribution in [3.63, 3.8) is 0 Å². The second-order valence-corrected chi connectivity index (χ2v) is 5.85. The first-order valence-electron chi connectivity index (χ1n) is 6.48.